The highest BCUT2D eigenvalue weighted by Crippen LogP contribution is 2.32. The van der Waals surface area contributed by atoms with Crippen LogP contribution in [0.4, 0.5) is 0 Å². The fraction of sp³-hybridized carbons (Fsp3) is 0.647. The molecule has 118 valence electrons. The highest BCUT2D eigenvalue weighted by molar-refractivity contribution is 5.76. The number of amides is 1. The highest BCUT2D eigenvalue weighted by atomic mass is 16.1. The van der Waals surface area contributed by atoms with Gasteiger partial charge in [-0.25, -0.2) is 0 Å². The van der Waals surface area contributed by atoms with Crippen molar-refractivity contribution < 1.29 is 4.79 Å². The predicted octanol–water partition coefficient (Wildman–Crippen LogP) is 3.05. The second-order valence-electron chi connectivity index (χ2n) is 6.75. The van der Waals surface area contributed by atoms with Gasteiger partial charge < -0.3 is 11.1 Å². The van der Waals surface area contributed by atoms with Crippen molar-refractivity contribution in [1.29, 1.82) is 0 Å². The summed E-state index contributed by atoms with van der Waals surface area (Å²) in [6.45, 7) is 9.31. The van der Waals surface area contributed by atoms with E-state index < -0.39 is 0 Å². The van der Waals surface area contributed by atoms with E-state index in [0.29, 0.717) is 18.9 Å². The molecule has 21 heavy (non-hydrogen) atoms. The minimum absolute atomic E-state index is 0.0168. The van der Waals surface area contributed by atoms with Crippen molar-refractivity contribution >= 4 is 5.91 Å². The van der Waals surface area contributed by atoms with Gasteiger partial charge in [-0.3, -0.25) is 9.78 Å². The van der Waals surface area contributed by atoms with Crippen LogP contribution in [0.2, 0.25) is 0 Å². The van der Waals surface area contributed by atoms with Crippen molar-refractivity contribution in [2.24, 2.45) is 17.1 Å². The molecule has 1 amide bonds. The zero-order valence-corrected chi connectivity index (χ0v) is 13.7. The number of rotatable bonds is 7. The number of carbonyl (C=O) groups excluding carboxylic acids is 1. The van der Waals surface area contributed by atoms with Gasteiger partial charge in [-0.05, 0) is 55.3 Å². The Morgan fingerprint density at radius 2 is 1.90 bits per heavy atom. The van der Waals surface area contributed by atoms with Crippen molar-refractivity contribution in [3.05, 3.63) is 30.1 Å². The van der Waals surface area contributed by atoms with E-state index in [1.165, 1.54) is 0 Å². The summed E-state index contributed by atoms with van der Waals surface area (Å²) >= 11 is 0. The molecule has 0 aliphatic rings. The van der Waals surface area contributed by atoms with E-state index in [1.807, 2.05) is 19.1 Å². The molecule has 2 atom stereocenters. The first-order valence-corrected chi connectivity index (χ1v) is 7.74. The van der Waals surface area contributed by atoms with E-state index in [-0.39, 0.29) is 17.4 Å². The number of aromatic nitrogens is 1. The second-order valence-corrected chi connectivity index (χ2v) is 6.75. The van der Waals surface area contributed by atoms with Crippen LogP contribution >= 0.6 is 0 Å². The van der Waals surface area contributed by atoms with Crippen LogP contribution in [0.1, 0.15) is 58.6 Å². The van der Waals surface area contributed by atoms with Crippen LogP contribution in [0.3, 0.4) is 0 Å². The molecule has 1 heterocycles. The van der Waals surface area contributed by atoms with Crippen molar-refractivity contribution in [2.75, 3.05) is 6.54 Å². The van der Waals surface area contributed by atoms with E-state index >= 15 is 0 Å². The van der Waals surface area contributed by atoms with E-state index in [2.05, 4.69) is 31.1 Å². The lowest BCUT2D eigenvalue weighted by Gasteiger charge is -2.30. The molecule has 3 N–H and O–H groups in total. The Morgan fingerprint density at radius 1 is 1.29 bits per heavy atom. The third kappa shape index (κ3) is 6.25. The molecule has 4 heteroatoms. The van der Waals surface area contributed by atoms with Gasteiger partial charge in [0.25, 0.3) is 0 Å². The third-order valence-corrected chi connectivity index (χ3v) is 4.04. The Balaban J connectivity index is 2.46. The average Bonchev–Trinajstić information content (AvgIpc) is 2.43. The lowest BCUT2D eigenvalue weighted by molar-refractivity contribution is -0.122. The fourth-order valence-electron chi connectivity index (χ4n) is 2.57. The molecule has 0 aromatic carbocycles. The molecular weight excluding hydrogens is 262 g/mol. The molecule has 0 aliphatic carbocycles. The first-order valence-electron chi connectivity index (χ1n) is 7.74. The van der Waals surface area contributed by atoms with Gasteiger partial charge in [0.2, 0.25) is 5.91 Å². The van der Waals surface area contributed by atoms with Gasteiger partial charge in [0.15, 0.2) is 0 Å². The number of nitrogens with two attached hydrogens (primary N) is 1. The van der Waals surface area contributed by atoms with E-state index in [1.54, 1.807) is 12.4 Å². The molecule has 1 rings (SSSR count). The Kier molecular flexibility index (Phi) is 6.82. The summed E-state index contributed by atoms with van der Waals surface area (Å²) in [7, 11) is 0. The highest BCUT2D eigenvalue weighted by Gasteiger charge is 2.24. The Hall–Kier alpha value is -1.42. The van der Waals surface area contributed by atoms with Gasteiger partial charge in [0.1, 0.15) is 0 Å². The van der Waals surface area contributed by atoms with Gasteiger partial charge in [0, 0.05) is 18.8 Å². The van der Waals surface area contributed by atoms with Crippen LogP contribution in [0.15, 0.2) is 24.5 Å². The molecule has 0 saturated carbocycles. The largest absolute Gasteiger partial charge is 0.350 e. The molecule has 0 aliphatic heterocycles. The van der Waals surface area contributed by atoms with Gasteiger partial charge in [0.05, 0.1) is 6.04 Å². The zero-order chi connectivity index (χ0) is 15.9. The zero-order valence-electron chi connectivity index (χ0n) is 13.7. The first kappa shape index (κ1) is 17.6. The standard InChI is InChI=1S/C17H29N3O/c1-13(14-8-11-19-12-9-14)20-16(21)6-5-15(7-10-18)17(2,3)4/h8-9,11-13,15H,5-7,10,18H2,1-4H3,(H,20,21)/t13-,15?/m1/s1. The summed E-state index contributed by atoms with van der Waals surface area (Å²) in [5.41, 5.74) is 6.95. The summed E-state index contributed by atoms with van der Waals surface area (Å²) < 4.78 is 0. The summed E-state index contributed by atoms with van der Waals surface area (Å²) in [5.74, 6) is 0.579. The van der Waals surface area contributed by atoms with Crippen LogP contribution < -0.4 is 11.1 Å². The van der Waals surface area contributed by atoms with E-state index in [0.717, 1.165) is 18.4 Å². The van der Waals surface area contributed by atoms with Crippen molar-refractivity contribution in [2.45, 2.75) is 53.0 Å². The quantitative estimate of drug-likeness (QED) is 0.811. The van der Waals surface area contributed by atoms with Gasteiger partial charge in [-0.15, -0.1) is 0 Å². The number of carbonyl (C=O) groups is 1. The maximum atomic E-state index is 12.1. The molecule has 1 aromatic heterocycles. The Bertz CT molecular complexity index is 425. The summed E-state index contributed by atoms with van der Waals surface area (Å²) in [4.78, 5) is 16.1. The minimum Gasteiger partial charge on any atom is -0.350 e. The van der Waals surface area contributed by atoms with Crippen molar-refractivity contribution in [3.63, 3.8) is 0 Å². The summed E-state index contributed by atoms with van der Waals surface area (Å²) in [5, 5.41) is 3.05. The molecule has 1 unspecified atom stereocenters. The number of nitrogens with one attached hydrogen (secondary N) is 1. The molecule has 1 aromatic rings. The van der Waals surface area contributed by atoms with Crippen LogP contribution in [-0.2, 0) is 4.79 Å². The lowest BCUT2D eigenvalue weighted by Crippen LogP contribution is -2.29. The number of nitrogens with zero attached hydrogens (tertiary/aromatic N) is 1. The maximum Gasteiger partial charge on any atom is 0.220 e. The molecule has 0 saturated heterocycles. The fourth-order valence-corrected chi connectivity index (χ4v) is 2.57. The SMILES string of the molecule is C[C@@H](NC(=O)CCC(CCN)C(C)(C)C)c1ccncc1. The molecule has 0 radical (unpaired) electrons. The van der Waals surface area contributed by atoms with Gasteiger partial charge in [-0.2, -0.15) is 0 Å². The van der Waals surface area contributed by atoms with Crippen LogP contribution in [-0.4, -0.2) is 17.4 Å². The minimum atomic E-state index is 0.0168. The molecule has 0 bridgehead atoms. The monoisotopic (exact) mass is 291 g/mol. The maximum absolute atomic E-state index is 12.1. The van der Waals surface area contributed by atoms with Gasteiger partial charge in [-0.1, -0.05) is 20.8 Å². The molecule has 0 spiro atoms. The van der Waals surface area contributed by atoms with Gasteiger partial charge >= 0.3 is 0 Å². The first-order chi connectivity index (χ1) is 9.84. The smallest absolute Gasteiger partial charge is 0.220 e. The Morgan fingerprint density at radius 3 is 2.43 bits per heavy atom. The van der Waals surface area contributed by atoms with Crippen LogP contribution in [0.25, 0.3) is 0 Å². The average molecular weight is 291 g/mol. The van der Waals surface area contributed by atoms with Crippen molar-refractivity contribution in [3.8, 4) is 0 Å². The van der Waals surface area contributed by atoms with E-state index in [4.69, 9.17) is 5.73 Å². The predicted molar refractivity (Wildman–Crippen MR) is 86.6 cm³/mol. The lowest BCUT2D eigenvalue weighted by atomic mass is 9.76. The number of pyridine rings is 1. The second kappa shape index (κ2) is 8.13. The van der Waals surface area contributed by atoms with Crippen LogP contribution in [0.5, 0.6) is 0 Å². The third-order valence-electron chi connectivity index (χ3n) is 4.04. The van der Waals surface area contributed by atoms with Crippen molar-refractivity contribution in [1.82, 2.24) is 10.3 Å². The summed E-state index contributed by atoms with van der Waals surface area (Å²) in [6, 6.07) is 3.87. The Labute approximate surface area is 128 Å². The topological polar surface area (TPSA) is 68.0 Å². The number of hydrogen-bond donors (Lipinski definition) is 2. The normalized spacial score (nSPS) is 14.5. The molecular formula is C17H29N3O. The summed E-state index contributed by atoms with van der Waals surface area (Å²) in [6.07, 6.45) is 5.90. The molecule has 4 nitrogen and oxygen atoms in total. The van der Waals surface area contributed by atoms with E-state index in [9.17, 15) is 4.79 Å². The van der Waals surface area contributed by atoms with Crippen LogP contribution in [0, 0.1) is 11.3 Å². The number of hydrogen-bond acceptors (Lipinski definition) is 3. The molecule has 0 fully saturated rings.